The second-order valence-electron chi connectivity index (χ2n) is 8.71. The molecule has 5 heteroatoms. The van der Waals surface area contributed by atoms with Gasteiger partial charge in [0.1, 0.15) is 0 Å². The average Bonchev–Trinajstić information content (AvgIpc) is 2.89. The third-order valence-electron chi connectivity index (χ3n) is 6.43. The summed E-state index contributed by atoms with van der Waals surface area (Å²) in [6.45, 7) is 2.53. The van der Waals surface area contributed by atoms with Crippen LogP contribution < -0.4 is 10.2 Å². The van der Waals surface area contributed by atoms with Crippen LogP contribution in [0.15, 0.2) is 89.9 Å². The zero-order valence-electron chi connectivity index (χ0n) is 18.9. The number of hydrogen-bond donors (Lipinski definition) is 1. The highest BCUT2D eigenvalue weighted by molar-refractivity contribution is 6.01. The Kier molecular flexibility index (Phi) is 6.38. The van der Waals surface area contributed by atoms with Gasteiger partial charge in [0.2, 0.25) is 11.9 Å². The van der Waals surface area contributed by atoms with Gasteiger partial charge in [-0.1, -0.05) is 66.7 Å². The first-order valence-corrected chi connectivity index (χ1v) is 11.9. The Labute approximate surface area is 195 Å². The van der Waals surface area contributed by atoms with Crippen molar-refractivity contribution in [3.8, 4) is 0 Å². The van der Waals surface area contributed by atoms with Crippen molar-refractivity contribution in [2.24, 2.45) is 4.99 Å². The second kappa shape index (κ2) is 9.90. The van der Waals surface area contributed by atoms with Crippen molar-refractivity contribution in [3.05, 3.63) is 96.1 Å². The molecular formula is C28H30N4O. The van der Waals surface area contributed by atoms with Gasteiger partial charge in [0.05, 0.1) is 18.2 Å². The minimum Gasteiger partial charge on any atom is -0.352 e. The van der Waals surface area contributed by atoms with Crippen molar-refractivity contribution >= 4 is 23.2 Å². The topological polar surface area (TPSA) is 47.9 Å². The molecule has 0 aliphatic carbocycles. The number of fused-ring (bicyclic) bond motifs is 1. The van der Waals surface area contributed by atoms with Crippen LogP contribution in [0.3, 0.4) is 0 Å². The minimum absolute atomic E-state index is 0.0412. The van der Waals surface area contributed by atoms with Crippen LogP contribution in [0.2, 0.25) is 0 Å². The zero-order chi connectivity index (χ0) is 22.5. The van der Waals surface area contributed by atoms with Crippen molar-refractivity contribution in [1.82, 2.24) is 10.2 Å². The molecular weight excluding hydrogens is 408 g/mol. The first-order chi connectivity index (χ1) is 16.3. The third kappa shape index (κ3) is 4.77. The smallest absolute Gasteiger partial charge is 0.222 e. The van der Waals surface area contributed by atoms with Crippen LogP contribution in [-0.2, 0) is 11.3 Å². The molecule has 2 heterocycles. The molecule has 1 atom stereocenters. The van der Waals surface area contributed by atoms with Crippen molar-refractivity contribution < 1.29 is 4.79 Å². The first-order valence-electron chi connectivity index (χ1n) is 11.9. The molecule has 0 spiro atoms. The van der Waals surface area contributed by atoms with E-state index >= 15 is 0 Å². The number of benzene rings is 3. The van der Waals surface area contributed by atoms with Crippen molar-refractivity contribution in [2.75, 3.05) is 18.0 Å². The number of likely N-dealkylation sites (tertiary alicyclic amines) is 1. The van der Waals surface area contributed by atoms with E-state index in [4.69, 9.17) is 4.99 Å². The van der Waals surface area contributed by atoms with Gasteiger partial charge in [-0.25, -0.2) is 4.99 Å². The number of aliphatic imine (C=N–C) groups is 1. The molecule has 0 radical (unpaired) electrons. The summed E-state index contributed by atoms with van der Waals surface area (Å²) < 4.78 is 0. The van der Waals surface area contributed by atoms with Crippen molar-refractivity contribution in [2.45, 2.75) is 38.3 Å². The molecule has 5 rings (SSSR count). The van der Waals surface area contributed by atoms with Gasteiger partial charge in [0.25, 0.3) is 0 Å². The van der Waals surface area contributed by atoms with Crippen LogP contribution in [0.1, 0.15) is 42.9 Å². The Morgan fingerprint density at radius 3 is 2.27 bits per heavy atom. The molecule has 1 saturated heterocycles. The summed E-state index contributed by atoms with van der Waals surface area (Å²) in [5.74, 6) is 1.000. The Bertz CT molecular complexity index is 1110. The van der Waals surface area contributed by atoms with Crippen LogP contribution in [0.25, 0.3) is 0 Å². The molecule has 5 nitrogen and oxygen atoms in total. The molecule has 1 N–H and O–H groups in total. The standard InChI is InChI=1S/C28H30N4O/c33-27(29-21-22-12-4-1-5-13-22)20-26-24-16-8-9-17-25(24)30-28(31-18-10-3-11-19-31)32(26)23-14-6-2-7-15-23/h1-2,4-9,12-17,26H,3,10-11,18-21H2,(H,29,33). The van der Waals surface area contributed by atoms with E-state index in [1.165, 1.54) is 19.3 Å². The van der Waals surface area contributed by atoms with E-state index in [0.717, 1.165) is 41.6 Å². The largest absolute Gasteiger partial charge is 0.352 e. The van der Waals surface area contributed by atoms with E-state index in [-0.39, 0.29) is 11.9 Å². The maximum Gasteiger partial charge on any atom is 0.222 e. The van der Waals surface area contributed by atoms with E-state index in [1.807, 2.05) is 48.5 Å². The van der Waals surface area contributed by atoms with Crippen LogP contribution in [-0.4, -0.2) is 29.9 Å². The Morgan fingerprint density at radius 2 is 1.52 bits per heavy atom. The van der Waals surface area contributed by atoms with Crippen LogP contribution in [0.4, 0.5) is 11.4 Å². The van der Waals surface area contributed by atoms with Gasteiger partial charge < -0.3 is 15.1 Å². The summed E-state index contributed by atoms with van der Waals surface area (Å²) in [6.07, 6.45) is 3.97. The predicted octanol–water partition coefficient (Wildman–Crippen LogP) is 5.43. The van der Waals surface area contributed by atoms with Gasteiger partial charge in [-0.05, 0) is 43.0 Å². The Balaban J connectivity index is 1.48. The maximum atomic E-state index is 13.2. The summed E-state index contributed by atoms with van der Waals surface area (Å²) in [5, 5.41) is 3.12. The van der Waals surface area contributed by atoms with Gasteiger partial charge in [-0.2, -0.15) is 0 Å². The summed E-state index contributed by atoms with van der Waals surface area (Å²) >= 11 is 0. The van der Waals surface area contributed by atoms with Gasteiger partial charge in [0.15, 0.2) is 0 Å². The number of rotatable bonds is 5. The fraction of sp³-hybridized carbons (Fsp3) is 0.286. The van der Waals surface area contributed by atoms with Gasteiger partial charge in [0, 0.05) is 30.9 Å². The lowest BCUT2D eigenvalue weighted by atomic mass is 9.97. The third-order valence-corrected chi connectivity index (χ3v) is 6.43. The number of anilines is 1. The molecule has 1 unspecified atom stereocenters. The van der Waals surface area contributed by atoms with E-state index in [2.05, 4.69) is 51.5 Å². The number of piperidine rings is 1. The number of amides is 1. The Hall–Kier alpha value is -3.60. The maximum absolute atomic E-state index is 13.2. The Morgan fingerprint density at radius 1 is 0.848 bits per heavy atom. The molecule has 0 saturated carbocycles. The zero-order valence-corrected chi connectivity index (χ0v) is 18.9. The number of carbonyl (C=O) groups is 1. The fourth-order valence-corrected chi connectivity index (χ4v) is 4.76. The summed E-state index contributed by atoms with van der Waals surface area (Å²) in [5.41, 5.74) is 4.23. The quantitative estimate of drug-likeness (QED) is 0.578. The van der Waals surface area contributed by atoms with E-state index in [9.17, 15) is 4.79 Å². The van der Waals surface area contributed by atoms with Gasteiger partial charge in [-0.15, -0.1) is 0 Å². The summed E-state index contributed by atoms with van der Waals surface area (Å²) in [7, 11) is 0. The lowest BCUT2D eigenvalue weighted by Gasteiger charge is -2.43. The second-order valence-corrected chi connectivity index (χ2v) is 8.71. The van der Waals surface area contributed by atoms with E-state index < -0.39 is 0 Å². The van der Waals surface area contributed by atoms with Crippen LogP contribution >= 0.6 is 0 Å². The highest BCUT2D eigenvalue weighted by Crippen LogP contribution is 2.40. The molecule has 0 aromatic heterocycles. The number of carbonyl (C=O) groups excluding carboxylic acids is 1. The van der Waals surface area contributed by atoms with Gasteiger partial charge in [-0.3, -0.25) is 4.79 Å². The lowest BCUT2D eigenvalue weighted by Crippen LogP contribution is -2.50. The molecule has 3 aromatic carbocycles. The number of para-hydroxylation sites is 2. The van der Waals surface area contributed by atoms with E-state index in [1.54, 1.807) is 0 Å². The normalized spacial score (nSPS) is 17.8. The first kappa shape index (κ1) is 21.3. The minimum atomic E-state index is -0.117. The van der Waals surface area contributed by atoms with Crippen LogP contribution in [0, 0.1) is 0 Å². The van der Waals surface area contributed by atoms with E-state index in [0.29, 0.717) is 13.0 Å². The lowest BCUT2D eigenvalue weighted by molar-refractivity contribution is -0.121. The molecule has 168 valence electrons. The molecule has 3 aromatic rings. The number of nitrogens with one attached hydrogen (secondary N) is 1. The SMILES string of the molecule is O=C(CC1c2ccccc2N=C(N2CCCCC2)N1c1ccccc1)NCc1ccccc1. The average molecular weight is 439 g/mol. The number of nitrogens with zero attached hydrogens (tertiary/aromatic N) is 3. The predicted molar refractivity (Wildman–Crippen MR) is 134 cm³/mol. The number of hydrogen-bond acceptors (Lipinski definition) is 4. The highest BCUT2D eigenvalue weighted by atomic mass is 16.1. The molecule has 1 amide bonds. The number of guanidine groups is 1. The molecule has 2 aliphatic heterocycles. The highest BCUT2D eigenvalue weighted by Gasteiger charge is 2.35. The monoisotopic (exact) mass is 438 g/mol. The molecule has 1 fully saturated rings. The van der Waals surface area contributed by atoms with Crippen molar-refractivity contribution in [1.29, 1.82) is 0 Å². The fourth-order valence-electron chi connectivity index (χ4n) is 4.76. The van der Waals surface area contributed by atoms with Crippen molar-refractivity contribution in [3.63, 3.8) is 0 Å². The van der Waals surface area contributed by atoms with Gasteiger partial charge >= 0.3 is 0 Å². The van der Waals surface area contributed by atoms with Crippen LogP contribution in [0.5, 0.6) is 0 Å². The molecule has 2 aliphatic rings. The summed E-state index contributed by atoms with van der Waals surface area (Å²) in [4.78, 5) is 22.9. The summed E-state index contributed by atoms with van der Waals surface area (Å²) in [6, 6.07) is 28.5. The molecule has 0 bridgehead atoms. The molecule has 33 heavy (non-hydrogen) atoms.